The number of Topliss-reactive ketones (excluding diaryl/α,β-unsaturated/α-hetero) is 1. The third-order valence-electron chi connectivity index (χ3n) is 4.55. The van der Waals surface area contributed by atoms with Crippen molar-refractivity contribution in [3.05, 3.63) is 74.7 Å². The summed E-state index contributed by atoms with van der Waals surface area (Å²) in [6.07, 6.45) is 0.428. The van der Waals surface area contributed by atoms with Gasteiger partial charge in [0.2, 0.25) is 0 Å². The highest BCUT2D eigenvalue weighted by Crippen LogP contribution is 2.34. The molecular weight excluding hydrogens is 395 g/mol. The van der Waals surface area contributed by atoms with E-state index in [1.165, 1.54) is 28.9 Å². The molecule has 0 amide bonds. The monoisotopic (exact) mass is 412 g/mol. The standard InChI is InChI=1S/C21H17FN2O2S2/c1-13(25)8-9-24-18(11-14-5-2-3-6-16(14)22)23-20-19(21(24)26)15(12-28-20)17-7-4-10-27-17/h2-7,10,12H,8-9,11H2,1H3. The normalized spacial score (nSPS) is 11.2. The predicted octanol–water partition coefficient (Wildman–Crippen LogP) is 4.90. The van der Waals surface area contributed by atoms with Crippen LogP contribution in [0.2, 0.25) is 0 Å². The molecule has 0 radical (unpaired) electrons. The largest absolute Gasteiger partial charge is 0.300 e. The molecule has 0 aliphatic carbocycles. The van der Waals surface area contributed by atoms with E-state index in [4.69, 9.17) is 0 Å². The van der Waals surface area contributed by atoms with Gasteiger partial charge in [-0.3, -0.25) is 14.2 Å². The van der Waals surface area contributed by atoms with E-state index in [0.29, 0.717) is 21.6 Å². The van der Waals surface area contributed by atoms with Crippen molar-refractivity contribution < 1.29 is 9.18 Å². The maximum absolute atomic E-state index is 14.2. The number of carbonyl (C=O) groups is 1. The molecule has 3 aromatic heterocycles. The molecular formula is C21H17FN2O2S2. The fourth-order valence-electron chi connectivity index (χ4n) is 3.13. The van der Waals surface area contributed by atoms with E-state index in [2.05, 4.69) is 4.98 Å². The van der Waals surface area contributed by atoms with Gasteiger partial charge in [-0.25, -0.2) is 9.37 Å². The maximum atomic E-state index is 14.2. The van der Waals surface area contributed by atoms with E-state index in [-0.39, 0.29) is 36.5 Å². The highest BCUT2D eigenvalue weighted by atomic mass is 32.1. The van der Waals surface area contributed by atoms with Gasteiger partial charge >= 0.3 is 0 Å². The lowest BCUT2D eigenvalue weighted by molar-refractivity contribution is -0.117. The number of benzene rings is 1. The summed E-state index contributed by atoms with van der Waals surface area (Å²) in [7, 11) is 0. The Bertz CT molecular complexity index is 1210. The van der Waals surface area contributed by atoms with E-state index >= 15 is 0 Å². The first-order valence-corrected chi connectivity index (χ1v) is 10.6. The second-order valence-electron chi connectivity index (χ2n) is 6.51. The van der Waals surface area contributed by atoms with Crippen molar-refractivity contribution in [1.82, 2.24) is 9.55 Å². The summed E-state index contributed by atoms with van der Waals surface area (Å²) >= 11 is 2.97. The van der Waals surface area contributed by atoms with Crippen LogP contribution in [0.4, 0.5) is 4.39 Å². The maximum Gasteiger partial charge on any atom is 0.262 e. The number of fused-ring (bicyclic) bond motifs is 1. The minimum Gasteiger partial charge on any atom is -0.300 e. The molecule has 7 heteroatoms. The van der Waals surface area contributed by atoms with Gasteiger partial charge < -0.3 is 0 Å². The number of rotatable bonds is 6. The van der Waals surface area contributed by atoms with Gasteiger partial charge in [-0.05, 0) is 30.0 Å². The van der Waals surface area contributed by atoms with Crippen molar-refractivity contribution in [2.24, 2.45) is 0 Å². The summed E-state index contributed by atoms with van der Waals surface area (Å²) in [5.41, 5.74) is 1.16. The Morgan fingerprint density at radius 2 is 2.00 bits per heavy atom. The quantitative estimate of drug-likeness (QED) is 0.453. The van der Waals surface area contributed by atoms with Gasteiger partial charge in [0.1, 0.15) is 22.3 Å². The van der Waals surface area contributed by atoms with E-state index in [1.54, 1.807) is 29.5 Å². The molecule has 4 rings (SSSR count). The molecule has 3 heterocycles. The average Bonchev–Trinajstić information content (AvgIpc) is 3.32. The Morgan fingerprint density at radius 3 is 2.71 bits per heavy atom. The van der Waals surface area contributed by atoms with Crippen molar-refractivity contribution in [3.63, 3.8) is 0 Å². The second-order valence-corrected chi connectivity index (χ2v) is 8.32. The van der Waals surface area contributed by atoms with Crippen molar-refractivity contribution >= 4 is 38.7 Å². The first-order chi connectivity index (χ1) is 13.5. The van der Waals surface area contributed by atoms with Gasteiger partial charge in [0.05, 0.1) is 5.39 Å². The molecule has 4 nitrogen and oxygen atoms in total. The molecule has 0 saturated carbocycles. The lowest BCUT2D eigenvalue weighted by Gasteiger charge is -2.13. The molecule has 0 spiro atoms. The van der Waals surface area contributed by atoms with E-state index in [0.717, 1.165) is 10.4 Å². The predicted molar refractivity (Wildman–Crippen MR) is 112 cm³/mol. The topological polar surface area (TPSA) is 52.0 Å². The van der Waals surface area contributed by atoms with Crippen LogP contribution in [-0.2, 0) is 17.8 Å². The lowest BCUT2D eigenvalue weighted by atomic mass is 10.1. The van der Waals surface area contributed by atoms with E-state index in [9.17, 15) is 14.0 Å². The summed E-state index contributed by atoms with van der Waals surface area (Å²) in [5.74, 6) is 0.136. The lowest BCUT2D eigenvalue weighted by Crippen LogP contribution is -2.26. The summed E-state index contributed by atoms with van der Waals surface area (Å²) in [6.45, 7) is 1.73. The average molecular weight is 413 g/mol. The molecule has 0 bridgehead atoms. The number of aromatic nitrogens is 2. The van der Waals surface area contributed by atoms with Gasteiger partial charge in [-0.1, -0.05) is 24.3 Å². The Hall–Kier alpha value is -2.64. The summed E-state index contributed by atoms with van der Waals surface area (Å²) < 4.78 is 15.7. The van der Waals surface area contributed by atoms with Crippen LogP contribution in [0.15, 0.2) is 52.0 Å². The third-order valence-corrected chi connectivity index (χ3v) is 6.33. The minimum absolute atomic E-state index is 0.00682. The van der Waals surface area contributed by atoms with Crippen LogP contribution in [-0.4, -0.2) is 15.3 Å². The Balaban J connectivity index is 1.88. The van der Waals surface area contributed by atoms with Crippen molar-refractivity contribution in [2.45, 2.75) is 26.3 Å². The van der Waals surface area contributed by atoms with Crippen LogP contribution < -0.4 is 5.56 Å². The zero-order valence-corrected chi connectivity index (χ0v) is 16.8. The minimum atomic E-state index is -0.333. The SMILES string of the molecule is CC(=O)CCn1c(Cc2ccccc2F)nc2scc(-c3cccs3)c2c1=O. The van der Waals surface area contributed by atoms with Gasteiger partial charge in [0.25, 0.3) is 5.56 Å². The Labute approximate surface area is 168 Å². The number of thiophene rings is 2. The Morgan fingerprint density at radius 1 is 1.18 bits per heavy atom. The number of ketones is 1. The van der Waals surface area contributed by atoms with Crippen LogP contribution in [0.5, 0.6) is 0 Å². The fraction of sp³-hybridized carbons (Fsp3) is 0.190. The van der Waals surface area contributed by atoms with Crippen molar-refractivity contribution in [3.8, 4) is 10.4 Å². The van der Waals surface area contributed by atoms with Crippen LogP contribution >= 0.6 is 22.7 Å². The molecule has 0 N–H and O–H groups in total. The second kappa shape index (κ2) is 7.77. The zero-order valence-electron chi connectivity index (χ0n) is 15.1. The summed E-state index contributed by atoms with van der Waals surface area (Å²) in [5, 5.41) is 4.47. The highest BCUT2D eigenvalue weighted by Gasteiger charge is 2.18. The third kappa shape index (κ3) is 3.55. The summed E-state index contributed by atoms with van der Waals surface area (Å²) in [4.78, 5) is 31.2. The molecule has 0 aliphatic rings. The molecule has 142 valence electrons. The fourth-order valence-corrected chi connectivity index (χ4v) is 4.90. The van der Waals surface area contributed by atoms with Gasteiger partial charge in [-0.2, -0.15) is 0 Å². The molecule has 0 aliphatic heterocycles. The van der Waals surface area contributed by atoms with E-state index < -0.39 is 0 Å². The van der Waals surface area contributed by atoms with Crippen LogP contribution in [0.1, 0.15) is 24.7 Å². The molecule has 28 heavy (non-hydrogen) atoms. The first-order valence-electron chi connectivity index (χ1n) is 8.82. The smallest absolute Gasteiger partial charge is 0.262 e. The van der Waals surface area contributed by atoms with Crippen molar-refractivity contribution in [2.75, 3.05) is 0 Å². The molecule has 0 fully saturated rings. The van der Waals surface area contributed by atoms with E-state index in [1.807, 2.05) is 22.9 Å². The molecule has 4 aromatic rings. The number of halogens is 1. The number of hydrogen-bond acceptors (Lipinski definition) is 5. The Kier molecular flexibility index (Phi) is 5.19. The van der Waals surface area contributed by atoms with Gasteiger partial charge in [0, 0.05) is 35.2 Å². The van der Waals surface area contributed by atoms with Gasteiger partial charge in [-0.15, -0.1) is 22.7 Å². The van der Waals surface area contributed by atoms with Crippen LogP contribution in [0.25, 0.3) is 20.7 Å². The van der Waals surface area contributed by atoms with Gasteiger partial charge in [0.15, 0.2) is 0 Å². The van der Waals surface area contributed by atoms with Crippen LogP contribution in [0, 0.1) is 5.82 Å². The molecule has 0 saturated heterocycles. The molecule has 1 aromatic carbocycles. The molecule has 0 unspecified atom stereocenters. The number of hydrogen-bond donors (Lipinski definition) is 0. The zero-order chi connectivity index (χ0) is 19.7. The summed E-state index contributed by atoms with van der Waals surface area (Å²) in [6, 6.07) is 10.4. The first kappa shape index (κ1) is 18.7. The van der Waals surface area contributed by atoms with Crippen molar-refractivity contribution in [1.29, 1.82) is 0 Å². The highest BCUT2D eigenvalue weighted by molar-refractivity contribution is 7.18. The van der Waals surface area contributed by atoms with Crippen LogP contribution in [0.3, 0.4) is 0 Å². The number of nitrogens with zero attached hydrogens (tertiary/aromatic N) is 2. The number of carbonyl (C=O) groups excluding carboxylic acids is 1. The molecule has 0 atom stereocenters.